The highest BCUT2D eigenvalue weighted by molar-refractivity contribution is 6.09. The Hall–Kier alpha value is -2.07. The molecule has 2 aromatic carbocycles. The molecule has 0 aliphatic carbocycles. The Morgan fingerprint density at radius 3 is 2.68 bits per heavy atom. The normalized spacial score (nSPS) is 13.4. The van der Waals surface area contributed by atoms with Crippen molar-refractivity contribution in [1.29, 1.82) is 0 Å². The van der Waals surface area contributed by atoms with E-state index >= 15 is 0 Å². The van der Waals surface area contributed by atoms with Gasteiger partial charge in [-0.2, -0.15) is 0 Å². The summed E-state index contributed by atoms with van der Waals surface area (Å²) in [7, 11) is 0. The number of carbonyl (C=O) groups excluding carboxylic acids is 1. The van der Waals surface area contributed by atoms with Gasteiger partial charge in [-0.15, -0.1) is 0 Å². The molecule has 2 nitrogen and oxygen atoms in total. The zero-order valence-corrected chi connectivity index (χ0v) is 9.95. The van der Waals surface area contributed by atoms with E-state index in [-0.39, 0.29) is 5.56 Å². The Labute approximate surface area is 108 Å². The Kier molecular flexibility index (Phi) is 2.87. The van der Waals surface area contributed by atoms with Crippen molar-refractivity contribution >= 4 is 5.78 Å². The second-order valence-electron chi connectivity index (χ2n) is 4.41. The molecule has 0 saturated carbocycles. The number of hydrogen-bond donors (Lipinski definition) is 0. The molecular weight excluding hydrogens is 250 g/mol. The van der Waals surface area contributed by atoms with Crippen molar-refractivity contribution in [1.82, 2.24) is 0 Å². The SMILES string of the molecule is O=C(c1ccc2c(c1)COC2)c1cccc(F)c1F. The number of rotatable bonds is 2. The van der Waals surface area contributed by atoms with Gasteiger partial charge in [0.15, 0.2) is 17.4 Å². The molecule has 0 amide bonds. The van der Waals surface area contributed by atoms with E-state index in [4.69, 9.17) is 4.74 Å². The van der Waals surface area contributed by atoms with E-state index in [1.807, 2.05) is 0 Å². The van der Waals surface area contributed by atoms with E-state index in [1.165, 1.54) is 12.1 Å². The van der Waals surface area contributed by atoms with Crippen LogP contribution in [0.2, 0.25) is 0 Å². The lowest BCUT2D eigenvalue weighted by Gasteiger charge is -2.05. The summed E-state index contributed by atoms with van der Waals surface area (Å²) >= 11 is 0. The molecule has 0 radical (unpaired) electrons. The molecule has 0 saturated heterocycles. The Morgan fingerprint density at radius 1 is 1.05 bits per heavy atom. The van der Waals surface area contributed by atoms with Gasteiger partial charge in [0.25, 0.3) is 0 Å². The topological polar surface area (TPSA) is 26.3 Å². The average molecular weight is 260 g/mol. The highest BCUT2D eigenvalue weighted by atomic mass is 19.2. The fourth-order valence-corrected chi connectivity index (χ4v) is 2.15. The van der Waals surface area contributed by atoms with Gasteiger partial charge < -0.3 is 4.74 Å². The first-order valence-electron chi connectivity index (χ1n) is 5.85. The number of hydrogen-bond acceptors (Lipinski definition) is 2. The van der Waals surface area contributed by atoms with Crippen LogP contribution in [0.1, 0.15) is 27.0 Å². The minimum absolute atomic E-state index is 0.251. The van der Waals surface area contributed by atoms with Crippen molar-refractivity contribution in [3.05, 3.63) is 70.3 Å². The number of benzene rings is 2. The maximum atomic E-state index is 13.6. The van der Waals surface area contributed by atoms with Gasteiger partial charge in [0.05, 0.1) is 18.8 Å². The first-order valence-corrected chi connectivity index (χ1v) is 5.85. The van der Waals surface area contributed by atoms with E-state index in [2.05, 4.69) is 0 Å². The number of fused-ring (bicyclic) bond motifs is 1. The summed E-state index contributed by atoms with van der Waals surface area (Å²) in [6.45, 7) is 0.972. The minimum atomic E-state index is -1.11. The van der Waals surface area contributed by atoms with Crippen LogP contribution in [0.3, 0.4) is 0 Å². The highest BCUT2D eigenvalue weighted by Crippen LogP contribution is 2.23. The quantitative estimate of drug-likeness (QED) is 0.775. The van der Waals surface area contributed by atoms with Crippen molar-refractivity contribution in [3.63, 3.8) is 0 Å². The van der Waals surface area contributed by atoms with Crippen LogP contribution in [0.5, 0.6) is 0 Å². The fourth-order valence-electron chi connectivity index (χ4n) is 2.15. The number of ketones is 1. The summed E-state index contributed by atoms with van der Waals surface area (Å²) in [6, 6.07) is 8.66. The zero-order valence-electron chi connectivity index (χ0n) is 9.95. The molecule has 0 N–H and O–H groups in total. The smallest absolute Gasteiger partial charge is 0.196 e. The molecule has 1 heterocycles. The van der Waals surface area contributed by atoms with Crippen LogP contribution in [-0.2, 0) is 18.0 Å². The molecule has 0 bridgehead atoms. The maximum Gasteiger partial charge on any atom is 0.196 e. The molecule has 0 unspecified atom stereocenters. The highest BCUT2D eigenvalue weighted by Gasteiger charge is 2.19. The first-order chi connectivity index (χ1) is 9.16. The van der Waals surface area contributed by atoms with Crippen molar-refractivity contribution in [2.75, 3.05) is 0 Å². The van der Waals surface area contributed by atoms with E-state index < -0.39 is 17.4 Å². The van der Waals surface area contributed by atoms with Crippen molar-refractivity contribution in [2.45, 2.75) is 13.2 Å². The molecule has 0 atom stereocenters. The predicted octanol–water partition coefficient (Wildman–Crippen LogP) is 3.23. The third-order valence-corrected chi connectivity index (χ3v) is 3.18. The molecule has 3 rings (SSSR count). The van der Waals surface area contributed by atoms with Gasteiger partial charge in [0, 0.05) is 5.56 Å². The fraction of sp³-hybridized carbons (Fsp3) is 0.133. The van der Waals surface area contributed by atoms with Gasteiger partial charge in [0.2, 0.25) is 0 Å². The van der Waals surface area contributed by atoms with Crippen molar-refractivity contribution in [3.8, 4) is 0 Å². The van der Waals surface area contributed by atoms with E-state index in [0.717, 1.165) is 17.2 Å². The van der Waals surface area contributed by atoms with Crippen LogP contribution < -0.4 is 0 Å². The van der Waals surface area contributed by atoms with Crippen LogP contribution in [0.25, 0.3) is 0 Å². The van der Waals surface area contributed by atoms with E-state index in [1.54, 1.807) is 18.2 Å². The Bertz CT molecular complexity index is 665. The standard InChI is InChI=1S/C15H10F2O2/c16-13-3-1-2-12(14(13)17)15(18)9-4-5-10-7-19-8-11(10)6-9/h1-6H,7-8H2. The molecule has 19 heavy (non-hydrogen) atoms. The summed E-state index contributed by atoms with van der Waals surface area (Å²) < 4.78 is 32.0. The number of halogens is 2. The maximum absolute atomic E-state index is 13.6. The zero-order chi connectivity index (χ0) is 13.4. The summed E-state index contributed by atoms with van der Waals surface area (Å²) in [6.07, 6.45) is 0. The second kappa shape index (κ2) is 4.55. The lowest BCUT2D eigenvalue weighted by Crippen LogP contribution is -2.06. The molecule has 0 spiro atoms. The van der Waals surface area contributed by atoms with Gasteiger partial charge in [-0.1, -0.05) is 18.2 Å². The first kappa shape index (κ1) is 12.0. The van der Waals surface area contributed by atoms with Gasteiger partial charge in [-0.25, -0.2) is 8.78 Å². The average Bonchev–Trinajstić information content (AvgIpc) is 2.88. The monoisotopic (exact) mass is 260 g/mol. The van der Waals surface area contributed by atoms with E-state index in [9.17, 15) is 13.6 Å². The lowest BCUT2D eigenvalue weighted by atomic mass is 9.99. The molecular formula is C15H10F2O2. The molecule has 1 aliphatic rings. The molecule has 0 fully saturated rings. The third kappa shape index (κ3) is 2.04. The number of carbonyl (C=O) groups is 1. The summed E-state index contributed by atoms with van der Waals surface area (Å²) in [5.41, 5.74) is 2.03. The van der Waals surface area contributed by atoms with Crippen LogP contribution in [0.4, 0.5) is 8.78 Å². The van der Waals surface area contributed by atoms with Crippen LogP contribution in [0, 0.1) is 11.6 Å². The summed E-state index contributed by atoms with van der Waals surface area (Å²) in [5, 5.41) is 0. The van der Waals surface area contributed by atoms with Crippen LogP contribution >= 0.6 is 0 Å². The lowest BCUT2D eigenvalue weighted by molar-refractivity contribution is 0.103. The van der Waals surface area contributed by atoms with Crippen molar-refractivity contribution < 1.29 is 18.3 Å². The molecule has 0 aromatic heterocycles. The predicted molar refractivity (Wildman–Crippen MR) is 64.7 cm³/mol. The third-order valence-electron chi connectivity index (χ3n) is 3.18. The molecule has 96 valence electrons. The molecule has 2 aromatic rings. The van der Waals surface area contributed by atoms with Gasteiger partial charge in [-0.3, -0.25) is 4.79 Å². The Balaban J connectivity index is 2.02. The number of ether oxygens (including phenoxy) is 1. The largest absolute Gasteiger partial charge is 0.372 e. The molecule has 4 heteroatoms. The van der Waals surface area contributed by atoms with Crippen LogP contribution in [-0.4, -0.2) is 5.78 Å². The second-order valence-corrected chi connectivity index (χ2v) is 4.41. The summed E-state index contributed by atoms with van der Waals surface area (Å²) in [5.74, 6) is -2.65. The van der Waals surface area contributed by atoms with Crippen LogP contribution in [0.15, 0.2) is 36.4 Å². The van der Waals surface area contributed by atoms with Gasteiger partial charge in [0.1, 0.15) is 0 Å². The summed E-state index contributed by atoms with van der Waals surface area (Å²) in [4.78, 5) is 12.2. The van der Waals surface area contributed by atoms with Crippen molar-refractivity contribution in [2.24, 2.45) is 0 Å². The molecule has 1 aliphatic heterocycles. The van der Waals surface area contributed by atoms with E-state index in [0.29, 0.717) is 18.8 Å². The van der Waals surface area contributed by atoms with Gasteiger partial charge in [-0.05, 0) is 29.3 Å². The Morgan fingerprint density at radius 2 is 1.84 bits per heavy atom. The minimum Gasteiger partial charge on any atom is -0.372 e. The van der Waals surface area contributed by atoms with Gasteiger partial charge >= 0.3 is 0 Å².